The van der Waals surface area contributed by atoms with Gasteiger partial charge in [0.2, 0.25) is 0 Å². The number of halogens is 3. The number of ether oxygens (including phenoxy) is 1. The Morgan fingerprint density at radius 1 is 1.04 bits per heavy atom. The van der Waals surface area contributed by atoms with Gasteiger partial charge in [0, 0.05) is 35.6 Å². The number of carbonyl (C=O) groups is 1. The van der Waals surface area contributed by atoms with Gasteiger partial charge in [-0.25, -0.2) is 0 Å². The fourth-order valence-corrected chi connectivity index (χ4v) is 3.28. The summed E-state index contributed by atoms with van der Waals surface area (Å²) < 4.78 is 43.9. The maximum Gasteiger partial charge on any atom is 0.416 e. The van der Waals surface area contributed by atoms with E-state index >= 15 is 0 Å². The molecule has 0 spiro atoms. The van der Waals surface area contributed by atoms with Gasteiger partial charge in [0.05, 0.1) is 18.8 Å². The summed E-state index contributed by atoms with van der Waals surface area (Å²) in [6.45, 7) is 3.06. The summed E-state index contributed by atoms with van der Waals surface area (Å²) in [6.07, 6.45) is -2.75. The van der Waals surface area contributed by atoms with Crippen molar-refractivity contribution in [2.75, 3.05) is 36.5 Å². The van der Waals surface area contributed by atoms with Crippen LogP contribution in [0.4, 0.5) is 24.5 Å². The van der Waals surface area contributed by atoms with Gasteiger partial charge in [0.15, 0.2) is 0 Å². The zero-order valence-electron chi connectivity index (χ0n) is 14.3. The summed E-state index contributed by atoms with van der Waals surface area (Å²) in [6, 6.07) is 11.0. The summed E-state index contributed by atoms with van der Waals surface area (Å²) in [5, 5.41) is 2.51. The minimum absolute atomic E-state index is 0.186. The van der Waals surface area contributed by atoms with Gasteiger partial charge in [-0.1, -0.05) is 18.2 Å². The third kappa shape index (κ3) is 3.55. The average molecular weight is 374 g/mol. The van der Waals surface area contributed by atoms with Gasteiger partial charge in [-0.3, -0.25) is 4.79 Å². The van der Waals surface area contributed by atoms with Crippen molar-refractivity contribution in [3.63, 3.8) is 0 Å². The Bertz CT molecular complexity index is 898. The van der Waals surface area contributed by atoms with Crippen molar-refractivity contribution in [2.45, 2.75) is 6.18 Å². The summed E-state index contributed by atoms with van der Waals surface area (Å²) >= 11 is 0. The number of morpholine rings is 1. The number of hydrogen-bond donors (Lipinski definition) is 1. The molecule has 2 aromatic carbocycles. The zero-order valence-corrected chi connectivity index (χ0v) is 14.3. The minimum Gasteiger partial charge on any atom is -0.378 e. The topological polar surface area (TPSA) is 41.6 Å². The third-order valence-electron chi connectivity index (χ3n) is 4.71. The Balaban J connectivity index is 1.60. The Hall–Kier alpha value is -2.80. The molecule has 2 aliphatic rings. The lowest BCUT2D eigenvalue weighted by Crippen LogP contribution is -2.36. The molecule has 4 nitrogen and oxygen atoms in total. The summed E-state index contributed by atoms with van der Waals surface area (Å²) in [5.41, 5.74) is 2.13. The predicted octanol–water partition coefficient (Wildman–Crippen LogP) is 4.03. The van der Waals surface area contributed by atoms with Gasteiger partial charge in [0.1, 0.15) is 0 Å². The van der Waals surface area contributed by atoms with Gasteiger partial charge < -0.3 is 15.0 Å². The molecule has 27 heavy (non-hydrogen) atoms. The maximum absolute atomic E-state index is 12.8. The standard InChI is InChI=1S/C20H17F3N2O2/c21-20(22,23)14-3-6-16-17(19(26)24-18(16)12-14)11-13-1-4-15(5-2-13)25-7-9-27-10-8-25/h1-6,11-12H,7-10H2,(H,24,26)/b17-11+. The molecule has 140 valence electrons. The highest BCUT2D eigenvalue weighted by atomic mass is 19.4. The van der Waals surface area contributed by atoms with Gasteiger partial charge in [0.25, 0.3) is 5.91 Å². The highest BCUT2D eigenvalue weighted by Gasteiger charge is 2.33. The van der Waals surface area contributed by atoms with Gasteiger partial charge in [-0.2, -0.15) is 13.2 Å². The van der Waals surface area contributed by atoms with Gasteiger partial charge in [-0.15, -0.1) is 0 Å². The molecule has 0 unspecified atom stereocenters. The number of alkyl halides is 3. The van der Waals surface area contributed by atoms with Crippen molar-refractivity contribution >= 4 is 28.9 Å². The number of carbonyl (C=O) groups excluding carboxylic acids is 1. The van der Waals surface area contributed by atoms with Crippen LogP contribution in [-0.2, 0) is 15.7 Å². The van der Waals surface area contributed by atoms with Crippen LogP contribution in [0.2, 0.25) is 0 Å². The molecule has 2 aromatic rings. The highest BCUT2D eigenvalue weighted by molar-refractivity contribution is 6.34. The normalized spacial score (nSPS) is 18.6. The lowest BCUT2D eigenvalue weighted by molar-refractivity contribution is -0.137. The lowest BCUT2D eigenvalue weighted by Gasteiger charge is -2.28. The Morgan fingerprint density at radius 2 is 1.74 bits per heavy atom. The highest BCUT2D eigenvalue weighted by Crippen LogP contribution is 2.38. The first-order valence-electron chi connectivity index (χ1n) is 8.59. The van der Waals surface area contributed by atoms with E-state index in [-0.39, 0.29) is 5.69 Å². The molecule has 0 radical (unpaired) electrons. The summed E-state index contributed by atoms with van der Waals surface area (Å²) in [5.74, 6) is -0.401. The van der Waals surface area contributed by atoms with E-state index in [1.54, 1.807) is 6.08 Å². The number of nitrogens with zero attached hydrogens (tertiary/aromatic N) is 1. The van der Waals surface area contributed by atoms with Crippen LogP contribution >= 0.6 is 0 Å². The molecule has 1 N–H and O–H groups in total. The number of anilines is 2. The van der Waals surface area contributed by atoms with E-state index in [2.05, 4.69) is 10.2 Å². The summed E-state index contributed by atoms with van der Waals surface area (Å²) in [4.78, 5) is 14.4. The molecule has 2 heterocycles. The van der Waals surface area contributed by atoms with Crippen molar-refractivity contribution in [1.29, 1.82) is 0 Å². The van der Waals surface area contributed by atoms with E-state index in [0.717, 1.165) is 36.5 Å². The molecular weight excluding hydrogens is 357 g/mol. The molecule has 1 saturated heterocycles. The Labute approximate surface area is 154 Å². The quantitative estimate of drug-likeness (QED) is 0.807. The summed E-state index contributed by atoms with van der Waals surface area (Å²) in [7, 11) is 0. The van der Waals surface area contributed by atoms with Crippen LogP contribution in [0.5, 0.6) is 0 Å². The largest absolute Gasteiger partial charge is 0.416 e. The van der Waals surface area contributed by atoms with Gasteiger partial charge in [-0.05, 0) is 35.9 Å². The molecule has 1 fully saturated rings. The molecule has 0 atom stereocenters. The Kier molecular flexibility index (Phi) is 4.39. The number of hydrogen-bond acceptors (Lipinski definition) is 3. The third-order valence-corrected chi connectivity index (χ3v) is 4.71. The van der Waals surface area contributed by atoms with E-state index < -0.39 is 17.6 Å². The van der Waals surface area contributed by atoms with Crippen LogP contribution in [0.1, 0.15) is 16.7 Å². The van der Waals surface area contributed by atoms with Crippen LogP contribution in [0.15, 0.2) is 42.5 Å². The van der Waals surface area contributed by atoms with Crippen molar-refractivity contribution in [3.05, 3.63) is 59.2 Å². The fraction of sp³-hybridized carbons (Fsp3) is 0.250. The van der Waals surface area contributed by atoms with Crippen molar-refractivity contribution < 1.29 is 22.7 Å². The van der Waals surface area contributed by atoms with E-state index in [9.17, 15) is 18.0 Å². The molecule has 7 heteroatoms. The molecule has 0 bridgehead atoms. The van der Waals surface area contributed by atoms with E-state index in [1.807, 2.05) is 24.3 Å². The second-order valence-electron chi connectivity index (χ2n) is 6.46. The molecule has 0 aromatic heterocycles. The maximum atomic E-state index is 12.8. The molecular formula is C20H17F3N2O2. The smallest absolute Gasteiger partial charge is 0.378 e. The van der Waals surface area contributed by atoms with Crippen LogP contribution in [-0.4, -0.2) is 32.2 Å². The molecule has 2 aliphatic heterocycles. The Morgan fingerprint density at radius 3 is 2.41 bits per heavy atom. The van der Waals surface area contributed by atoms with E-state index in [0.29, 0.717) is 24.4 Å². The first-order chi connectivity index (χ1) is 12.9. The fourth-order valence-electron chi connectivity index (χ4n) is 3.28. The minimum atomic E-state index is -4.44. The molecule has 1 amide bonds. The SMILES string of the molecule is O=C1Nc2cc(C(F)(F)F)ccc2/C1=C\c1ccc(N2CCOCC2)cc1. The second kappa shape index (κ2) is 6.74. The molecule has 0 aliphatic carbocycles. The second-order valence-corrected chi connectivity index (χ2v) is 6.46. The van der Waals surface area contributed by atoms with Crippen LogP contribution in [0, 0.1) is 0 Å². The van der Waals surface area contributed by atoms with Crippen LogP contribution in [0.25, 0.3) is 11.6 Å². The number of fused-ring (bicyclic) bond motifs is 1. The number of amides is 1. The number of rotatable bonds is 2. The predicted molar refractivity (Wildman–Crippen MR) is 97.4 cm³/mol. The van der Waals surface area contributed by atoms with Crippen molar-refractivity contribution in [1.82, 2.24) is 0 Å². The van der Waals surface area contributed by atoms with Crippen molar-refractivity contribution in [3.8, 4) is 0 Å². The first-order valence-corrected chi connectivity index (χ1v) is 8.59. The zero-order chi connectivity index (χ0) is 19.0. The number of benzene rings is 2. The number of nitrogens with one attached hydrogen (secondary N) is 1. The van der Waals surface area contributed by atoms with E-state index in [4.69, 9.17) is 4.74 Å². The van der Waals surface area contributed by atoms with Crippen LogP contribution in [0.3, 0.4) is 0 Å². The van der Waals surface area contributed by atoms with E-state index in [1.165, 1.54) is 6.07 Å². The molecule has 0 saturated carbocycles. The average Bonchev–Trinajstić information content (AvgIpc) is 2.97. The monoisotopic (exact) mass is 374 g/mol. The van der Waals surface area contributed by atoms with Crippen molar-refractivity contribution in [2.24, 2.45) is 0 Å². The first kappa shape index (κ1) is 17.6. The molecule has 4 rings (SSSR count). The van der Waals surface area contributed by atoms with Crippen LogP contribution < -0.4 is 10.2 Å². The van der Waals surface area contributed by atoms with Gasteiger partial charge >= 0.3 is 6.18 Å². The lowest BCUT2D eigenvalue weighted by atomic mass is 10.0.